The maximum atomic E-state index is 3.19. The van der Waals surface area contributed by atoms with Crippen LogP contribution in [0.5, 0.6) is 0 Å². The first-order valence-electron chi connectivity index (χ1n) is 3.80. The van der Waals surface area contributed by atoms with Gasteiger partial charge >= 0.3 is 0 Å². The second-order valence-corrected chi connectivity index (χ2v) is 4.11. The SMILES string of the molecule is CC(C)=C=CCC(C)(C)C. The van der Waals surface area contributed by atoms with Crippen LogP contribution in [0.15, 0.2) is 17.4 Å². The molecule has 0 aliphatic rings. The van der Waals surface area contributed by atoms with E-state index >= 15 is 0 Å². The van der Waals surface area contributed by atoms with Crippen molar-refractivity contribution in [2.75, 3.05) is 0 Å². The molecule has 0 heteroatoms. The fraction of sp³-hybridized carbons (Fsp3) is 0.700. The van der Waals surface area contributed by atoms with Crippen LogP contribution in [0, 0.1) is 5.41 Å². The van der Waals surface area contributed by atoms with Gasteiger partial charge in [-0.1, -0.05) is 20.8 Å². The summed E-state index contributed by atoms with van der Waals surface area (Å²) in [5.41, 5.74) is 4.85. The molecule has 0 atom stereocenters. The van der Waals surface area contributed by atoms with Gasteiger partial charge in [0.15, 0.2) is 0 Å². The Morgan fingerprint density at radius 1 is 1.30 bits per heavy atom. The van der Waals surface area contributed by atoms with Crippen LogP contribution in [0.25, 0.3) is 0 Å². The van der Waals surface area contributed by atoms with E-state index in [-0.39, 0.29) is 0 Å². The van der Waals surface area contributed by atoms with Crippen molar-refractivity contribution in [3.05, 3.63) is 17.4 Å². The Morgan fingerprint density at radius 2 is 1.80 bits per heavy atom. The third kappa shape index (κ3) is 7.52. The van der Waals surface area contributed by atoms with E-state index in [1.165, 1.54) is 5.57 Å². The molecule has 0 nitrogen and oxygen atoms in total. The predicted molar refractivity (Wildman–Crippen MR) is 47.0 cm³/mol. The lowest BCUT2D eigenvalue weighted by atomic mass is 9.92. The Labute approximate surface area is 64.6 Å². The molecule has 10 heavy (non-hydrogen) atoms. The van der Waals surface area contributed by atoms with E-state index in [4.69, 9.17) is 0 Å². The van der Waals surface area contributed by atoms with Crippen molar-refractivity contribution < 1.29 is 0 Å². The minimum atomic E-state index is 0.405. The van der Waals surface area contributed by atoms with E-state index in [2.05, 4.69) is 46.4 Å². The highest BCUT2D eigenvalue weighted by molar-refractivity contribution is 4.95. The monoisotopic (exact) mass is 138 g/mol. The van der Waals surface area contributed by atoms with Gasteiger partial charge in [0.1, 0.15) is 0 Å². The van der Waals surface area contributed by atoms with Crippen LogP contribution >= 0.6 is 0 Å². The van der Waals surface area contributed by atoms with Crippen LogP contribution in [-0.2, 0) is 0 Å². The molecule has 0 saturated heterocycles. The summed E-state index contributed by atoms with van der Waals surface area (Å²) in [4.78, 5) is 0. The first-order chi connectivity index (χ1) is 4.42. The largest absolute Gasteiger partial charge is 0.127 e. The molecule has 0 unspecified atom stereocenters. The molecule has 0 aromatic rings. The number of hydrogen-bond donors (Lipinski definition) is 0. The van der Waals surface area contributed by atoms with Crippen LogP contribution in [-0.4, -0.2) is 0 Å². The second kappa shape index (κ2) is 3.63. The fourth-order valence-electron chi connectivity index (χ4n) is 0.561. The maximum absolute atomic E-state index is 3.19. The Balaban J connectivity index is 3.87. The van der Waals surface area contributed by atoms with Crippen molar-refractivity contribution in [3.63, 3.8) is 0 Å². The average molecular weight is 138 g/mol. The second-order valence-electron chi connectivity index (χ2n) is 4.11. The summed E-state index contributed by atoms with van der Waals surface area (Å²) in [6.07, 6.45) is 3.23. The van der Waals surface area contributed by atoms with Gasteiger partial charge < -0.3 is 0 Å². The van der Waals surface area contributed by atoms with E-state index in [1.54, 1.807) is 0 Å². The first kappa shape index (κ1) is 9.52. The van der Waals surface area contributed by atoms with Crippen molar-refractivity contribution in [3.8, 4) is 0 Å². The molecule has 0 aliphatic heterocycles. The molecule has 0 N–H and O–H groups in total. The Bertz CT molecular complexity index is 145. The summed E-state index contributed by atoms with van der Waals surface area (Å²) in [6.45, 7) is 10.8. The molecule has 0 heterocycles. The molecule has 0 bridgehead atoms. The van der Waals surface area contributed by atoms with Crippen molar-refractivity contribution in [2.45, 2.75) is 41.0 Å². The van der Waals surface area contributed by atoms with Gasteiger partial charge in [-0.2, -0.15) is 0 Å². The number of rotatable bonds is 1. The van der Waals surface area contributed by atoms with Gasteiger partial charge in [0.25, 0.3) is 0 Å². The highest BCUT2D eigenvalue weighted by atomic mass is 14.1. The normalized spacial score (nSPS) is 10.5. The van der Waals surface area contributed by atoms with Crippen LogP contribution < -0.4 is 0 Å². The van der Waals surface area contributed by atoms with E-state index < -0.39 is 0 Å². The standard InChI is InChI=1S/C10H18/c1-9(2)7-6-8-10(3,4)5/h6H,8H2,1-5H3. The molecule has 0 rings (SSSR count). The quantitative estimate of drug-likeness (QED) is 0.486. The maximum Gasteiger partial charge on any atom is -0.0225 e. The molecule has 58 valence electrons. The summed E-state index contributed by atoms with van der Waals surface area (Å²) in [5.74, 6) is 0. The van der Waals surface area contributed by atoms with E-state index in [1.807, 2.05) is 0 Å². The molecule has 0 saturated carbocycles. The van der Waals surface area contributed by atoms with E-state index in [0.717, 1.165) is 6.42 Å². The van der Waals surface area contributed by atoms with Gasteiger partial charge in [-0.25, -0.2) is 0 Å². The zero-order chi connectivity index (χ0) is 8.20. The Kier molecular flexibility index (Phi) is 3.46. The van der Waals surface area contributed by atoms with Crippen molar-refractivity contribution in [1.29, 1.82) is 0 Å². The third-order valence-corrected chi connectivity index (χ3v) is 1.11. The third-order valence-electron chi connectivity index (χ3n) is 1.11. The summed E-state index contributed by atoms with van der Waals surface area (Å²) < 4.78 is 0. The molecular formula is C10H18. The lowest BCUT2D eigenvalue weighted by Crippen LogP contribution is -2.01. The molecule has 0 radical (unpaired) electrons. The summed E-state index contributed by atoms with van der Waals surface area (Å²) >= 11 is 0. The Hall–Kier alpha value is -0.480. The molecule has 0 aromatic heterocycles. The zero-order valence-corrected chi connectivity index (χ0v) is 7.78. The molecule has 0 fully saturated rings. The van der Waals surface area contributed by atoms with Crippen LogP contribution in [0.1, 0.15) is 41.0 Å². The van der Waals surface area contributed by atoms with Gasteiger partial charge in [-0.05, 0) is 37.3 Å². The molecule has 0 aromatic carbocycles. The number of hydrogen-bond acceptors (Lipinski definition) is 0. The van der Waals surface area contributed by atoms with E-state index in [9.17, 15) is 0 Å². The minimum Gasteiger partial charge on any atom is -0.127 e. The predicted octanol–water partition coefficient (Wildman–Crippen LogP) is 3.54. The highest BCUT2D eigenvalue weighted by Crippen LogP contribution is 2.18. The molecule has 0 aliphatic carbocycles. The molecule has 0 spiro atoms. The van der Waals surface area contributed by atoms with Crippen LogP contribution in [0.2, 0.25) is 0 Å². The number of allylic oxidation sites excluding steroid dienone is 1. The smallest absolute Gasteiger partial charge is 0.0225 e. The lowest BCUT2D eigenvalue weighted by molar-refractivity contribution is 0.421. The van der Waals surface area contributed by atoms with Crippen molar-refractivity contribution >= 4 is 0 Å². The molecule has 0 amide bonds. The fourth-order valence-corrected chi connectivity index (χ4v) is 0.561. The highest BCUT2D eigenvalue weighted by Gasteiger charge is 2.05. The van der Waals surface area contributed by atoms with Crippen LogP contribution in [0.4, 0.5) is 0 Å². The summed E-state index contributed by atoms with van der Waals surface area (Å²) in [7, 11) is 0. The van der Waals surface area contributed by atoms with Gasteiger partial charge in [-0.3, -0.25) is 0 Å². The average Bonchev–Trinajstić information content (AvgIpc) is 1.59. The van der Waals surface area contributed by atoms with Gasteiger partial charge in [-0.15, -0.1) is 5.73 Å². The lowest BCUT2D eigenvalue weighted by Gasteiger charge is -2.13. The summed E-state index contributed by atoms with van der Waals surface area (Å²) in [5, 5.41) is 0. The Morgan fingerprint density at radius 3 is 2.10 bits per heavy atom. The first-order valence-corrected chi connectivity index (χ1v) is 3.80. The van der Waals surface area contributed by atoms with Gasteiger partial charge in [0.2, 0.25) is 0 Å². The minimum absolute atomic E-state index is 0.405. The van der Waals surface area contributed by atoms with Crippen molar-refractivity contribution in [1.82, 2.24) is 0 Å². The molecular weight excluding hydrogens is 120 g/mol. The van der Waals surface area contributed by atoms with E-state index in [0.29, 0.717) is 5.41 Å². The van der Waals surface area contributed by atoms with Crippen molar-refractivity contribution in [2.24, 2.45) is 5.41 Å². The topological polar surface area (TPSA) is 0 Å². The van der Waals surface area contributed by atoms with Gasteiger partial charge in [0, 0.05) is 0 Å². The summed E-state index contributed by atoms with van der Waals surface area (Å²) in [6, 6.07) is 0. The van der Waals surface area contributed by atoms with Crippen LogP contribution in [0.3, 0.4) is 0 Å². The zero-order valence-electron chi connectivity index (χ0n) is 7.78. The van der Waals surface area contributed by atoms with Gasteiger partial charge in [0.05, 0.1) is 0 Å².